The zero-order chi connectivity index (χ0) is 10.9. The lowest BCUT2D eigenvalue weighted by molar-refractivity contribution is 0.0125. The lowest BCUT2D eigenvalue weighted by Gasteiger charge is -2.23. The zero-order valence-corrected chi connectivity index (χ0v) is 8.89. The van der Waals surface area contributed by atoms with Gasteiger partial charge in [0.1, 0.15) is 12.7 Å². The average molecular weight is 224 g/mol. The van der Waals surface area contributed by atoms with E-state index >= 15 is 0 Å². The standard InChI is InChI=1S/C10H10ClN3O/c1-10(15,14-7-12-6-13-14)8-2-4-9(11)5-3-8/h2-7,15H,1H3. The maximum absolute atomic E-state index is 10.3. The van der Waals surface area contributed by atoms with Gasteiger partial charge in [0, 0.05) is 10.6 Å². The van der Waals surface area contributed by atoms with Crippen LogP contribution in [-0.4, -0.2) is 19.9 Å². The van der Waals surface area contributed by atoms with E-state index in [0.29, 0.717) is 10.6 Å². The summed E-state index contributed by atoms with van der Waals surface area (Å²) in [5, 5.41) is 14.8. The third kappa shape index (κ3) is 1.86. The number of nitrogens with zero attached hydrogens (tertiary/aromatic N) is 3. The minimum absolute atomic E-state index is 0.633. The van der Waals surface area contributed by atoms with Crippen LogP contribution in [0.3, 0.4) is 0 Å². The molecule has 2 aromatic rings. The molecule has 0 radical (unpaired) electrons. The van der Waals surface area contributed by atoms with Crippen LogP contribution in [0.2, 0.25) is 5.02 Å². The first-order valence-electron chi connectivity index (χ1n) is 4.44. The summed E-state index contributed by atoms with van der Waals surface area (Å²) in [4.78, 5) is 3.80. The highest BCUT2D eigenvalue weighted by molar-refractivity contribution is 6.30. The van der Waals surface area contributed by atoms with Gasteiger partial charge in [-0.05, 0) is 19.1 Å². The fourth-order valence-corrected chi connectivity index (χ4v) is 1.46. The number of hydrogen-bond acceptors (Lipinski definition) is 3. The second kappa shape index (κ2) is 3.64. The van der Waals surface area contributed by atoms with Crippen molar-refractivity contribution in [3.05, 3.63) is 47.5 Å². The van der Waals surface area contributed by atoms with Crippen molar-refractivity contribution in [2.75, 3.05) is 0 Å². The van der Waals surface area contributed by atoms with E-state index in [4.69, 9.17) is 11.6 Å². The minimum atomic E-state index is -1.21. The number of benzene rings is 1. The van der Waals surface area contributed by atoms with Gasteiger partial charge in [-0.2, -0.15) is 5.10 Å². The summed E-state index contributed by atoms with van der Waals surface area (Å²) < 4.78 is 1.39. The Morgan fingerprint density at radius 2 is 2.00 bits per heavy atom. The second-order valence-electron chi connectivity index (χ2n) is 3.37. The Morgan fingerprint density at radius 3 is 2.53 bits per heavy atom. The molecule has 15 heavy (non-hydrogen) atoms. The molecule has 1 atom stereocenters. The van der Waals surface area contributed by atoms with Crippen molar-refractivity contribution < 1.29 is 5.11 Å². The Hall–Kier alpha value is -1.39. The highest BCUT2D eigenvalue weighted by Gasteiger charge is 2.25. The van der Waals surface area contributed by atoms with Crippen LogP contribution < -0.4 is 0 Å². The minimum Gasteiger partial charge on any atom is -0.366 e. The normalized spacial score (nSPS) is 14.9. The Labute approximate surface area is 92.1 Å². The molecule has 0 spiro atoms. The second-order valence-corrected chi connectivity index (χ2v) is 3.80. The molecule has 1 aromatic heterocycles. The number of hydrogen-bond donors (Lipinski definition) is 1. The average Bonchev–Trinajstić information content (AvgIpc) is 2.71. The van der Waals surface area contributed by atoms with Gasteiger partial charge in [-0.1, -0.05) is 23.7 Å². The van der Waals surface area contributed by atoms with Gasteiger partial charge in [0.05, 0.1) is 0 Å². The molecular weight excluding hydrogens is 214 g/mol. The summed E-state index contributed by atoms with van der Waals surface area (Å²) in [5.41, 5.74) is -0.501. The smallest absolute Gasteiger partial charge is 0.182 e. The third-order valence-corrected chi connectivity index (χ3v) is 2.51. The molecule has 0 amide bonds. The van der Waals surface area contributed by atoms with Gasteiger partial charge >= 0.3 is 0 Å². The molecule has 1 heterocycles. The highest BCUT2D eigenvalue weighted by atomic mass is 35.5. The summed E-state index contributed by atoms with van der Waals surface area (Å²) in [6.45, 7) is 1.64. The van der Waals surface area contributed by atoms with Gasteiger partial charge < -0.3 is 5.11 Å². The molecule has 0 aliphatic rings. The van der Waals surface area contributed by atoms with Crippen LogP contribution in [0, 0.1) is 0 Å². The van der Waals surface area contributed by atoms with Crippen LogP contribution in [0.5, 0.6) is 0 Å². The highest BCUT2D eigenvalue weighted by Crippen LogP contribution is 2.22. The lowest BCUT2D eigenvalue weighted by atomic mass is 10.1. The quantitative estimate of drug-likeness (QED) is 0.842. The Balaban J connectivity index is 2.41. The van der Waals surface area contributed by atoms with Crippen LogP contribution in [0.4, 0.5) is 0 Å². The molecule has 0 saturated carbocycles. The van der Waals surface area contributed by atoms with Crippen molar-refractivity contribution in [3.8, 4) is 0 Å². The van der Waals surface area contributed by atoms with E-state index < -0.39 is 5.72 Å². The molecule has 1 unspecified atom stereocenters. The molecular formula is C10H10ClN3O. The molecule has 2 rings (SSSR count). The SMILES string of the molecule is CC(O)(c1ccc(Cl)cc1)n1cncn1. The summed E-state index contributed by atoms with van der Waals surface area (Å²) in [6, 6.07) is 6.96. The Morgan fingerprint density at radius 1 is 1.33 bits per heavy atom. The molecule has 4 nitrogen and oxygen atoms in total. The third-order valence-electron chi connectivity index (χ3n) is 2.26. The van der Waals surface area contributed by atoms with Gasteiger partial charge in [0.2, 0.25) is 0 Å². The maximum Gasteiger partial charge on any atom is 0.182 e. The van der Waals surface area contributed by atoms with E-state index in [1.807, 2.05) is 0 Å². The van der Waals surface area contributed by atoms with Crippen molar-refractivity contribution in [1.29, 1.82) is 0 Å². The van der Waals surface area contributed by atoms with E-state index in [9.17, 15) is 5.11 Å². The van der Waals surface area contributed by atoms with E-state index in [2.05, 4.69) is 10.1 Å². The molecule has 0 bridgehead atoms. The lowest BCUT2D eigenvalue weighted by Crippen LogP contribution is -2.31. The predicted octanol–water partition coefficient (Wildman–Crippen LogP) is 1.64. The van der Waals surface area contributed by atoms with Gasteiger partial charge in [-0.15, -0.1) is 0 Å². The van der Waals surface area contributed by atoms with Crippen LogP contribution in [0.15, 0.2) is 36.9 Å². The van der Waals surface area contributed by atoms with E-state index in [1.165, 1.54) is 17.3 Å². The fourth-order valence-electron chi connectivity index (χ4n) is 1.33. The van der Waals surface area contributed by atoms with Crippen molar-refractivity contribution in [2.24, 2.45) is 0 Å². The monoisotopic (exact) mass is 223 g/mol. The Kier molecular flexibility index (Phi) is 2.46. The zero-order valence-electron chi connectivity index (χ0n) is 8.13. The van der Waals surface area contributed by atoms with Gasteiger partial charge in [0.15, 0.2) is 5.72 Å². The summed E-state index contributed by atoms with van der Waals surface area (Å²) in [7, 11) is 0. The number of halogens is 1. The molecule has 1 aromatic carbocycles. The molecule has 0 saturated heterocycles. The first-order chi connectivity index (χ1) is 7.10. The molecule has 0 fully saturated rings. The van der Waals surface area contributed by atoms with Crippen molar-refractivity contribution >= 4 is 11.6 Å². The molecule has 0 aliphatic heterocycles. The molecule has 78 valence electrons. The number of aliphatic hydroxyl groups is 1. The van der Waals surface area contributed by atoms with E-state index in [0.717, 1.165) is 0 Å². The summed E-state index contributed by atoms with van der Waals surface area (Å²) in [6.07, 6.45) is 2.85. The fraction of sp³-hybridized carbons (Fsp3) is 0.200. The Bertz CT molecular complexity index is 436. The first kappa shape index (κ1) is 10.1. The van der Waals surface area contributed by atoms with Crippen molar-refractivity contribution in [3.63, 3.8) is 0 Å². The van der Waals surface area contributed by atoms with E-state index in [-0.39, 0.29) is 0 Å². The maximum atomic E-state index is 10.3. The van der Waals surface area contributed by atoms with Crippen LogP contribution >= 0.6 is 11.6 Å². The van der Waals surface area contributed by atoms with Gasteiger partial charge in [-0.3, -0.25) is 0 Å². The largest absolute Gasteiger partial charge is 0.366 e. The number of rotatable bonds is 2. The van der Waals surface area contributed by atoms with Crippen molar-refractivity contribution in [1.82, 2.24) is 14.8 Å². The first-order valence-corrected chi connectivity index (χ1v) is 4.82. The van der Waals surface area contributed by atoms with Crippen LogP contribution in [-0.2, 0) is 5.72 Å². The molecule has 1 N–H and O–H groups in total. The molecule has 5 heteroatoms. The number of aromatic nitrogens is 3. The van der Waals surface area contributed by atoms with Gasteiger partial charge in [0.25, 0.3) is 0 Å². The van der Waals surface area contributed by atoms with E-state index in [1.54, 1.807) is 31.2 Å². The predicted molar refractivity (Wildman–Crippen MR) is 56.4 cm³/mol. The van der Waals surface area contributed by atoms with Gasteiger partial charge in [-0.25, -0.2) is 9.67 Å². The molecule has 0 aliphatic carbocycles. The summed E-state index contributed by atoms with van der Waals surface area (Å²) in [5.74, 6) is 0. The van der Waals surface area contributed by atoms with Crippen molar-refractivity contribution in [2.45, 2.75) is 12.6 Å². The summed E-state index contributed by atoms with van der Waals surface area (Å²) >= 11 is 5.77. The van der Waals surface area contributed by atoms with Crippen LogP contribution in [0.1, 0.15) is 12.5 Å². The van der Waals surface area contributed by atoms with Crippen LogP contribution in [0.25, 0.3) is 0 Å². The topological polar surface area (TPSA) is 50.9 Å².